The van der Waals surface area contributed by atoms with E-state index in [1.165, 1.54) is 0 Å². The minimum atomic E-state index is -0.439. The predicted molar refractivity (Wildman–Crippen MR) is 77.0 cm³/mol. The quantitative estimate of drug-likeness (QED) is 0.908. The summed E-state index contributed by atoms with van der Waals surface area (Å²) in [6.45, 7) is 8.44. The van der Waals surface area contributed by atoms with Crippen molar-refractivity contribution in [2.24, 2.45) is 11.3 Å². The molecule has 0 heterocycles. The standard InChI is InChI=1S/C15H21BrO2/c1-8-6-11(16)9(2)12(14(8)18-5)13(17)10-7-15(10,3)4/h6,10,13,17H,7H2,1-5H3. The summed E-state index contributed by atoms with van der Waals surface area (Å²) in [4.78, 5) is 0. The highest BCUT2D eigenvalue weighted by Crippen LogP contribution is 2.59. The van der Waals surface area contributed by atoms with Gasteiger partial charge in [-0.25, -0.2) is 0 Å². The Morgan fingerprint density at radius 2 is 2.00 bits per heavy atom. The van der Waals surface area contributed by atoms with Crippen LogP contribution in [0.3, 0.4) is 0 Å². The number of hydrogen-bond donors (Lipinski definition) is 1. The summed E-state index contributed by atoms with van der Waals surface area (Å²) in [5, 5.41) is 10.6. The van der Waals surface area contributed by atoms with Crippen LogP contribution in [0, 0.1) is 25.2 Å². The molecule has 3 heteroatoms. The maximum atomic E-state index is 10.6. The van der Waals surface area contributed by atoms with Gasteiger partial charge in [0.2, 0.25) is 0 Å². The van der Waals surface area contributed by atoms with Crippen molar-refractivity contribution in [2.75, 3.05) is 7.11 Å². The summed E-state index contributed by atoms with van der Waals surface area (Å²) in [6, 6.07) is 2.04. The van der Waals surface area contributed by atoms with E-state index in [2.05, 4.69) is 29.8 Å². The number of hydrogen-bond acceptors (Lipinski definition) is 2. The topological polar surface area (TPSA) is 29.5 Å². The van der Waals surface area contributed by atoms with Crippen molar-refractivity contribution >= 4 is 15.9 Å². The molecular formula is C15H21BrO2. The molecule has 0 radical (unpaired) electrons. The van der Waals surface area contributed by atoms with Gasteiger partial charge < -0.3 is 9.84 Å². The summed E-state index contributed by atoms with van der Waals surface area (Å²) in [6.07, 6.45) is 0.633. The van der Waals surface area contributed by atoms with E-state index < -0.39 is 6.10 Å². The normalized spacial score (nSPS) is 22.7. The Labute approximate surface area is 117 Å². The highest BCUT2D eigenvalue weighted by atomic mass is 79.9. The molecule has 1 aromatic rings. The van der Waals surface area contributed by atoms with Gasteiger partial charge in [-0.2, -0.15) is 0 Å². The fourth-order valence-electron chi connectivity index (χ4n) is 2.75. The van der Waals surface area contributed by atoms with Crippen molar-refractivity contribution in [3.63, 3.8) is 0 Å². The average Bonchev–Trinajstić information content (AvgIpc) is 2.91. The van der Waals surface area contributed by atoms with E-state index in [0.717, 1.165) is 33.3 Å². The van der Waals surface area contributed by atoms with Crippen LogP contribution in [0.5, 0.6) is 5.75 Å². The number of halogens is 1. The van der Waals surface area contributed by atoms with Crippen LogP contribution in [0.4, 0.5) is 0 Å². The number of ether oxygens (including phenoxy) is 1. The maximum absolute atomic E-state index is 10.6. The minimum Gasteiger partial charge on any atom is -0.496 e. The molecule has 100 valence electrons. The molecule has 0 aliphatic heterocycles. The molecule has 1 fully saturated rings. The highest BCUT2D eigenvalue weighted by Gasteiger charge is 2.51. The van der Waals surface area contributed by atoms with Crippen LogP contribution in [0.15, 0.2) is 10.5 Å². The van der Waals surface area contributed by atoms with Gasteiger partial charge in [0.25, 0.3) is 0 Å². The Balaban J connectivity index is 2.49. The average molecular weight is 313 g/mol. The van der Waals surface area contributed by atoms with Crippen molar-refractivity contribution in [3.05, 3.63) is 27.2 Å². The van der Waals surface area contributed by atoms with Gasteiger partial charge in [0, 0.05) is 10.0 Å². The van der Waals surface area contributed by atoms with Gasteiger partial charge in [-0.3, -0.25) is 0 Å². The third kappa shape index (κ3) is 2.19. The summed E-state index contributed by atoms with van der Waals surface area (Å²) >= 11 is 3.56. The van der Waals surface area contributed by atoms with E-state index in [1.807, 2.05) is 19.9 Å². The lowest BCUT2D eigenvalue weighted by atomic mass is 9.93. The molecule has 0 saturated heterocycles. The second-order valence-electron chi connectivity index (χ2n) is 5.99. The first-order valence-corrected chi connectivity index (χ1v) is 7.10. The van der Waals surface area contributed by atoms with Gasteiger partial charge in [-0.05, 0) is 48.8 Å². The zero-order chi connectivity index (χ0) is 13.7. The number of aryl methyl sites for hydroxylation is 1. The van der Waals surface area contributed by atoms with Gasteiger partial charge in [0.1, 0.15) is 5.75 Å². The number of aliphatic hydroxyl groups excluding tert-OH is 1. The van der Waals surface area contributed by atoms with E-state index >= 15 is 0 Å². The largest absolute Gasteiger partial charge is 0.496 e. The van der Waals surface area contributed by atoms with Gasteiger partial charge >= 0.3 is 0 Å². The van der Waals surface area contributed by atoms with Crippen molar-refractivity contribution in [1.29, 1.82) is 0 Å². The molecule has 2 nitrogen and oxygen atoms in total. The van der Waals surface area contributed by atoms with Gasteiger partial charge in [-0.15, -0.1) is 0 Å². The van der Waals surface area contributed by atoms with Crippen molar-refractivity contribution in [1.82, 2.24) is 0 Å². The van der Waals surface area contributed by atoms with E-state index in [9.17, 15) is 5.11 Å². The van der Waals surface area contributed by atoms with Crippen LogP contribution in [-0.4, -0.2) is 12.2 Å². The molecule has 2 atom stereocenters. The first-order chi connectivity index (χ1) is 8.29. The minimum absolute atomic E-state index is 0.243. The summed E-state index contributed by atoms with van der Waals surface area (Å²) < 4.78 is 6.53. The van der Waals surface area contributed by atoms with Crippen molar-refractivity contribution in [3.8, 4) is 5.75 Å². The highest BCUT2D eigenvalue weighted by molar-refractivity contribution is 9.10. The van der Waals surface area contributed by atoms with Crippen LogP contribution < -0.4 is 4.74 Å². The molecule has 0 bridgehead atoms. The van der Waals surface area contributed by atoms with Gasteiger partial charge in [-0.1, -0.05) is 29.8 Å². The molecule has 18 heavy (non-hydrogen) atoms. The lowest BCUT2D eigenvalue weighted by Gasteiger charge is -2.21. The predicted octanol–water partition coefficient (Wildman–Crippen LogP) is 4.15. The molecule has 1 aliphatic rings. The third-order valence-electron chi connectivity index (χ3n) is 4.18. The Kier molecular flexibility index (Phi) is 3.50. The van der Waals surface area contributed by atoms with Crippen LogP contribution in [0.1, 0.15) is 43.1 Å². The zero-order valence-corrected chi connectivity index (χ0v) is 13.3. The van der Waals surface area contributed by atoms with Crippen molar-refractivity contribution < 1.29 is 9.84 Å². The summed E-state index contributed by atoms with van der Waals surface area (Å²) in [5.41, 5.74) is 3.32. The smallest absolute Gasteiger partial charge is 0.127 e. The molecule has 0 aromatic heterocycles. The van der Waals surface area contributed by atoms with Crippen molar-refractivity contribution in [2.45, 2.75) is 40.2 Å². The summed E-state index contributed by atoms with van der Waals surface area (Å²) in [5.74, 6) is 1.16. The molecular weight excluding hydrogens is 292 g/mol. The fourth-order valence-corrected chi connectivity index (χ4v) is 3.31. The van der Waals surface area contributed by atoms with Gasteiger partial charge in [0.05, 0.1) is 13.2 Å². The second-order valence-corrected chi connectivity index (χ2v) is 6.85. The third-order valence-corrected chi connectivity index (χ3v) is 5.00. The van der Waals surface area contributed by atoms with E-state index in [1.54, 1.807) is 7.11 Å². The lowest BCUT2D eigenvalue weighted by Crippen LogP contribution is -2.10. The monoisotopic (exact) mass is 312 g/mol. The van der Waals surface area contributed by atoms with E-state index in [4.69, 9.17) is 4.74 Å². The molecule has 0 spiro atoms. The molecule has 0 amide bonds. The van der Waals surface area contributed by atoms with E-state index in [0.29, 0.717) is 5.92 Å². The molecule has 2 unspecified atom stereocenters. The maximum Gasteiger partial charge on any atom is 0.127 e. The molecule has 1 N–H and O–H groups in total. The molecule has 1 aromatic carbocycles. The Morgan fingerprint density at radius 3 is 2.44 bits per heavy atom. The molecule has 1 saturated carbocycles. The Hall–Kier alpha value is -0.540. The van der Waals surface area contributed by atoms with Crippen LogP contribution in [0.2, 0.25) is 0 Å². The number of benzene rings is 1. The fraction of sp³-hybridized carbons (Fsp3) is 0.600. The number of aliphatic hydroxyl groups is 1. The lowest BCUT2D eigenvalue weighted by molar-refractivity contribution is 0.134. The Morgan fingerprint density at radius 1 is 1.44 bits per heavy atom. The molecule has 1 aliphatic carbocycles. The SMILES string of the molecule is COc1c(C)cc(Br)c(C)c1C(O)C1CC1(C)C. The number of methoxy groups -OCH3 is 1. The van der Waals surface area contributed by atoms with Crippen LogP contribution in [-0.2, 0) is 0 Å². The summed E-state index contributed by atoms with van der Waals surface area (Å²) in [7, 11) is 1.67. The van der Waals surface area contributed by atoms with Crippen LogP contribution >= 0.6 is 15.9 Å². The van der Waals surface area contributed by atoms with E-state index in [-0.39, 0.29) is 5.41 Å². The first kappa shape index (κ1) is 13.9. The van der Waals surface area contributed by atoms with Gasteiger partial charge in [0.15, 0.2) is 0 Å². The second kappa shape index (κ2) is 4.53. The zero-order valence-electron chi connectivity index (χ0n) is 11.7. The van der Waals surface area contributed by atoms with Crippen LogP contribution in [0.25, 0.3) is 0 Å². The Bertz CT molecular complexity index is 480. The number of rotatable bonds is 3. The molecule has 2 rings (SSSR count). The first-order valence-electron chi connectivity index (χ1n) is 6.31.